The van der Waals surface area contributed by atoms with Crippen LogP contribution in [-0.4, -0.2) is 48.4 Å². The minimum atomic E-state index is 0.0921. The third kappa shape index (κ3) is 4.88. The summed E-state index contributed by atoms with van der Waals surface area (Å²) >= 11 is 2.04. The van der Waals surface area contributed by atoms with Crippen molar-refractivity contribution in [3.63, 3.8) is 0 Å². The van der Waals surface area contributed by atoms with Gasteiger partial charge >= 0.3 is 0 Å². The molecule has 0 saturated carbocycles. The largest absolute Gasteiger partial charge is 0.494 e. The summed E-state index contributed by atoms with van der Waals surface area (Å²) in [6.07, 6.45) is 1.05. The average Bonchev–Trinajstić information content (AvgIpc) is 2.45. The highest BCUT2D eigenvalue weighted by atomic mass is 32.2. The molecule has 0 N–H and O–H groups in total. The van der Waals surface area contributed by atoms with E-state index < -0.39 is 0 Å². The van der Waals surface area contributed by atoms with Crippen LogP contribution in [0.15, 0.2) is 24.3 Å². The molecule has 1 saturated heterocycles. The van der Waals surface area contributed by atoms with Crippen molar-refractivity contribution in [2.45, 2.75) is 13.3 Å². The van der Waals surface area contributed by atoms with E-state index in [0.717, 1.165) is 30.9 Å². The third-order valence-electron chi connectivity index (χ3n) is 3.25. The van der Waals surface area contributed by atoms with Gasteiger partial charge in [0.15, 0.2) is 5.78 Å². The molecule has 0 unspecified atom stereocenters. The maximum atomic E-state index is 11.1. The molecule has 0 aliphatic carbocycles. The molecule has 4 heteroatoms. The summed E-state index contributed by atoms with van der Waals surface area (Å²) in [7, 11) is 0. The topological polar surface area (TPSA) is 29.5 Å². The summed E-state index contributed by atoms with van der Waals surface area (Å²) in [5.74, 6) is 3.45. The van der Waals surface area contributed by atoms with E-state index in [1.807, 2.05) is 36.0 Å². The van der Waals surface area contributed by atoms with Crippen LogP contribution in [-0.2, 0) is 0 Å². The van der Waals surface area contributed by atoms with Crippen molar-refractivity contribution in [1.29, 1.82) is 0 Å². The molecule has 1 heterocycles. The number of benzene rings is 1. The molecule has 0 amide bonds. The van der Waals surface area contributed by atoms with Gasteiger partial charge in [0.1, 0.15) is 5.75 Å². The summed E-state index contributed by atoms with van der Waals surface area (Å²) < 4.78 is 5.69. The molecule has 1 aromatic rings. The SMILES string of the molecule is CC(=O)c1ccc(OCCCN2CCSCC2)cc1. The Morgan fingerprint density at radius 3 is 2.58 bits per heavy atom. The lowest BCUT2D eigenvalue weighted by Crippen LogP contribution is -2.33. The minimum absolute atomic E-state index is 0.0921. The lowest BCUT2D eigenvalue weighted by Gasteiger charge is -2.25. The Labute approximate surface area is 119 Å². The van der Waals surface area contributed by atoms with E-state index in [-0.39, 0.29) is 5.78 Å². The number of carbonyl (C=O) groups is 1. The van der Waals surface area contributed by atoms with Crippen LogP contribution < -0.4 is 4.74 Å². The first kappa shape index (κ1) is 14.4. The molecular formula is C15H21NO2S. The molecule has 19 heavy (non-hydrogen) atoms. The number of carbonyl (C=O) groups excluding carboxylic acids is 1. The van der Waals surface area contributed by atoms with Gasteiger partial charge in [0.25, 0.3) is 0 Å². The van der Waals surface area contributed by atoms with Gasteiger partial charge in [0, 0.05) is 36.7 Å². The molecule has 1 fully saturated rings. The van der Waals surface area contributed by atoms with Crippen LogP contribution in [0.4, 0.5) is 0 Å². The second-order valence-electron chi connectivity index (χ2n) is 4.74. The van der Waals surface area contributed by atoms with E-state index >= 15 is 0 Å². The molecular weight excluding hydrogens is 258 g/mol. The molecule has 2 rings (SSSR count). The number of rotatable bonds is 6. The van der Waals surface area contributed by atoms with Crippen molar-refractivity contribution in [2.24, 2.45) is 0 Å². The van der Waals surface area contributed by atoms with Crippen molar-refractivity contribution < 1.29 is 9.53 Å². The average molecular weight is 279 g/mol. The van der Waals surface area contributed by atoms with Crippen LogP contribution >= 0.6 is 11.8 Å². The standard InChI is InChI=1S/C15H21NO2S/c1-13(17)14-3-5-15(6-4-14)18-10-2-7-16-8-11-19-12-9-16/h3-6H,2,7-12H2,1H3. The number of nitrogens with zero attached hydrogens (tertiary/aromatic N) is 1. The molecule has 104 valence electrons. The Morgan fingerprint density at radius 1 is 1.26 bits per heavy atom. The van der Waals surface area contributed by atoms with Crippen LogP contribution in [0, 0.1) is 0 Å². The van der Waals surface area contributed by atoms with Gasteiger partial charge in [-0.3, -0.25) is 4.79 Å². The number of Topliss-reactive ketones (excluding diaryl/α,β-unsaturated/α-hetero) is 1. The van der Waals surface area contributed by atoms with E-state index in [1.54, 1.807) is 6.92 Å². The first-order valence-corrected chi connectivity index (χ1v) is 7.95. The van der Waals surface area contributed by atoms with Crippen molar-refractivity contribution in [3.05, 3.63) is 29.8 Å². The first-order chi connectivity index (χ1) is 9.25. The molecule has 0 spiro atoms. The van der Waals surface area contributed by atoms with Crippen LogP contribution in [0.5, 0.6) is 5.75 Å². The Morgan fingerprint density at radius 2 is 1.95 bits per heavy atom. The van der Waals surface area contributed by atoms with Crippen molar-refractivity contribution in [1.82, 2.24) is 4.90 Å². The molecule has 1 aromatic carbocycles. The quantitative estimate of drug-likeness (QED) is 0.591. The Bertz CT molecular complexity index is 399. The molecule has 0 atom stereocenters. The van der Waals surface area contributed by atoms with E-state index in [0.29, 0.717) is 0 Å². The maximum absolute atomic E-state index is 11.1. The lowest BCUT2D eigenvalue weighted by molar-refractivity contribution is 0.101. The van der Waals surface area contributed by atoms with Crippen LogP contribution in [0.3, 0.4) is 0 Å². The first-order valence-electron chi connectivity index (χ1n) is 6.79. The molecule has 1 aliphatic rings. The summed E-state index contributed by atoms with van der Waals surface area (Å²) in [6.45, 7) is 5.85. The molecule has 0 aromatic heterocycles. The highest BCUT2D eigenvalue weighted by Gasteiger charge is 2.09. The predicted octanol–water partition coefficient (Wildman–Crippen LogP) is 2.71. The van der Waals surface area contributed by atoms with Gasteiger partial charge in [0.05, 0.1) is 6.61 Å². The second kappa shape index (κ2) is 7.56. The lowest BCUT2D eigenvalue weighted by atomic mass is 10.1. The fourth-order valence-corrected chi connectivity index (χ4v) is 3.07. The number of thioether (sulfide) groups is 1. The van der Waals surface area contributed by atoms with E-state index in [1.165, 1.54) is 24.6 Å². The van der Waals surface area contributed by atoms with Gasteiger partial charge < -0.3 is 9.64 Å². The summed E-state index contributed by atoms with van der Waals surface area (Å²) in [5, 5.41) is 0. The van der Waals surface area contributed by atoms with Gasteiger partial charge in [-0.2, -0.15) is 11.8 Å². The highest BCUT2D eigenvalue weighted by Crippen LogP contribution is 2.13. The van der Waals surface area contributed by atoms with E-state index in [4.69, 9.17) is 4.74 Å². The van der Waals surface area contributed by atoms with Crippen molar-refractivity contribution in [3.8, 4) is 5.75 Å². The third-order valence-corrected chi connectivity index (χ3v) is 4.19. The minimum Gasteiger partial charge on any atom is -0.494 e. The van der Waals surface area contributed by atoms with Crippen LogP contribution in [0.2, 0.25) is 0 Å². The molecule has 0 bridgehead atoms. The van der Waals surface area contributed by atoms with Crippen LogP contribution in [0.25, 0.3) is 0 Å². The Hall–Kier alpha value is -1.00. The fourth-order valence-electron chi connectivity index (χ4n) is 2.09. The van der Waals surface area contributed by atoms with Crippen molar-refractivity contribution >= 4 is 17.5 Å². The predicted molar refractivity (Wildman–Crippen MR) is 80.3 cm³/mol. The van der Waals surface area contributed by atoms with Gasteiger partial charge in [-0.1, -0.05) is 0 Å². The van der Waals surface area contributed by atoms with Gasteiger partial charge in [0.2, 0.25) is 0 Å². The number of ketones is 1. The number of ether oxygens (including phenoxy) is 1. The Balaban J connectivity index is 1.66. The highest BCUT2D eigenvalue weighted by molar-refractivity contribution is 7.99. The van der Waals surface area contributed by atoms with Crippen LogP contribution in [0.1, 0.15) is 23.7 Å². The van der Waals surface area contributed by atoms with Crippen molar-refractivity contribution in [2.75, 3.05) is 37.7 Å². The summed E-state index contributed by atoms with van der Waals surface area (Å²) in [4.78, 5) is 13.6. The monoisotopic (exact) mass is 279 g/mol. The van der Waals surface area contributed by atoms with Gasteiger partial charge in [-0.05, 0) is 37.6 Å². The summed E-state index contributed by atoms with van der Waals surface area (Å²) in [6, 6.07) is 7.38. The second-order valence-corrected chi connectivity index (χ2v) is 5.96. The zero-order chi connectivity index (χ0) is 13.5. The van der Waals surface area contributed by atoms with E-state index in [9.17, 15) is 4.79 Å². The smallest absolute Gasteiger partial charge is 0.159 e. The Kier molecular flexibility index (Phi) is 5.73. The molecule has 1 aliphatic heterocycles. The van der Waals surface area contributed by atoms with E-state index in [2.05, 4.69) is 4.90 Å². The summed E-state index contributed by atoms with van der Waals surface area (Å²) in [5.41, 5.74) is 0.734. The van der Waals surface area contributed by atoms with Gasteiger partial charge in [-0.15, -0.1) is 0 Å². The molecule has 0 radical (unpaired) electrons. The zero-order valence-corrected chi connectivity index (χ0v) is 12.2. The fraction of sp³-hybridized carbons (Fsp3) is 0.533. The normalized spacial score (nSPS) is 16.3. The number of hydrogen-bond donors (Lipinski definition) is 0. The zero-order valence-electron chi connectivity index (χ0n) is 11.4. The molecule has 3 nitrogen and oxygen atoms in total. The number of hydrogen-bond acceptors (Lipinski definition) is 4. The van der Waals surface area contributed by atoms with Gasteiger partial charge in [-0.25, -0.2) is 0 Å². The maximum Gasteiger partial charge on any atom is 0.159 e.